The molecule has 0 aliphatic heterocycles. The molecule has 0 bridgehead atoms. The molecule has 6 heteroatoms. The van der Waals surface area contributed by atoms with Gasteiger partial charge in [0.2, 0.25) is 5.43 Å². The van der Waals surface area contributed by atoms with Crippen LogP contribution in [0.15, 0.2) is 64.3 Å². The first-order valence-electron chi connectivity index (χ1n) is 8.22. The Kier molecular flexibility index (Phi) is 5.62. The number of halogens is 1. The zero-order valence-corrected chi connectivity index (χ0v) is 15.4. The van der Waals surface area contributed by atoms with Crippen molar-refractivity contribution in [3.8, 4) is 16.9 Å². The van der Waals surface area contributed by atoms with E-state index in [-0.39, 0.29) is 18.6 Å². The van der Waals surface area contributed by atoms with E-state index < -0.39 is 5.97 Å². The van der Waals surface area contributed by atoms with Gasteiger partial charge >= 0.3 is 5.97 Å². The Morgan fingerprint density at radius 1 is 1.22 bits per heavy atom. The van der Waals surface area contributed by atoms with Gasteiger partial charge in [-0.25, -0.2) is 4.79 Å². The average Bonchev–Trinajstić information content (AvgIpc) is 2.66. The molecular weight excluding hydrogens is 368 g/mol. The van der Waals surface area contributed by atoms with E-state index in [1.807, 2.05) is 0 Å². The lowest BCUT2D eigenvalue weighted by Gasteiger charge is -2.09. The number of hydrogen-bond acceptors (Lipinski definition) is 5. The predicted molar refractivity (Wildman–Crippen MR) is 104 cm³/mol. The van der Waals surface area contributed by atoms with E-state index in [0.717, 1.165) is 5.56 Å². The van der Waals surface area contributed by atoms with Crippen LogP contribution in [0.4, 0.5) is 0 Å². The van der Waals surface area contributed by atoms with E-state index in [9.17, 15) is 9.59 Å². The lowest BCUT2D eigenvalue weighted by atomic mass is 10.0. The molecule has 3 aromatic rings. The SMILES string of the molecule is C=CCOC(=O)COc1ccc2c(=O)c(-c3ccc(Cl)cc3)c(C)oc2c1. The number of aryl methyl sites for hydroxylation is 1. The Balaban J connectivity index is 1.91. The van der Waals surface area contributed by atoms with Crippen LogP contribution >= 0.6 is 11.6 Å². The number of esters is 1. The first-order chi connectivity index (χ1) is 13.0. The second-order valence-electron chi connectivity index (χ2n) is 5.79. The normalized spacial score (nSPS) is 10.6. The number of benzene rings is 2. The largest absolute Gasteiger partial charge is 0.482 e. The van der Waals surface area contributed by atoms with Crippen molar-refractivity contribution in [2.45, 2.75) is 6.92 Å². The molecule has 0 aliphatic rings. The minimum absolute atomic E-state index is 0.126. The molecule has 1 aromatic heterocycles. The van der Waals surface area contributed by atoms with Crippen molar-refractivity contribution in [1.82, 2.24) is 0 Å². The van der Waals surface area contributed by atoms with Crippen LogP contribution in [0.3, 0.4) is 0 Å². The Labute approximate surface area is 160 Å². The average molecular weight is 385 g/mol. The van der Waals surface area contributed by atoms with E-state index >= 15 is 0 Å². The van der Waals surface area contributed by atoms with Crippen molar-refractivity contribution in [1.29, 1.82) is 0 Å². The lowest BCUT2D eigenvalue weighted by molar-refractivity contribution is -0.144. The van der Waals surface area contributed by atoms with Crippen molar-refractivity contribution >= 4 is 28.5 Å². The van der Waals surface area contributed by atoms with Crippen LogP contribution in [-0.2, 0) is 9.53 Å². The first kappa shape index (κ1) is 18.7. The molecule has 27 heavy (non-hydrogen) atoms. The van der Waals surface area contributed by atoms with Gasteiger partial charge in [-0.1, -0.05) is 36.4 Å². The van der Waals surface area contributed by atoms with Crippen molar-refractivity contribution in [3.63, 3.8) is 0 Å². The van der Waals surface area contributed by atoms with Gasteiger partial charge in [0.05, 0.1) is 10.9 Å². The maximum absolute atomic E-state index is 12.9. The highest BCUT2D eigenvalue weighted by molar-refractivity contribution is 6.30. The van der Waals surface area contributed by atoms with Gasteiger partial charge in [0.15, 0.2) is 6.61 Å². The molecule has 0 atom stereocenters. The summed E-state index contributed by atoms with van der Waals surface area (Å²) in [4.78, 5) is 24.4. The zero-order chi connectivity index (χ0) is 19.4. The number of carbonyl (C=O) groups is 1. The number of rotatable bonds is 6. The summed E-state index contributed by atoms with van der Waals surface area (Å²) in [5.74, 6) is 0.378. The molecule has 0 fully saturated rings. The van der Waals surface area contributed by atoms with Gasteiger partial charge < -0.3 is 13.9 Å². The number of carbonyl (C=O) groups excluding carboxylic acids is 1. The molecule has 0 saturated carbocycles. The third-order valence-electron chi connectivity index (χ3n) is 3.89. The van der Waals surface area contributed by atoms with Crippen LogP contribution in [-0.4, -0.2) is 19.2 Å². The monoisotopic (exact) mass is 384 g/mol. The fourth-order valence-electron chi connectivity index (χ4n) is 2.66. The highest BCUT2D eigenvalue weighted by Gasteiger charge is 2.14. The van der Waals surface area contributed by atoms with E-state index in [1.54, 1.807) is 49.4 Å². The topological polar surface area (TPSA) is 65.7 Å². The molecule has 2 aromatic carbocycles. The molecule has 0 amide bonds. The smallest absolute Gasteiger partial charge is 0.344 e. The summed E-state index contributed by atoms with van der Waals surface area (Å²) in [5.41, 5.74) is 1.46. The Hall–Kier alpha value is -3.05. The van der Waals surface area contributed by atoms with Crippen molar-refractivity contribution in [3.05, 3.63) is 76.1 Å². The summed E-state index contributed by atoms with van der Waals surface area (Å²) in [5, 5.41) is 1.02. The van der Waals surface area contributed by atoms with Gasteiger partial charge in [-0.15, -0.1) is 0 Å². The maximum Gasteiger partial charge on any atom is 0.344 e. The molecule has 1 heterocycles. The van der Waals surface area contributed by atoms with Crippen LogP contribution in [0.2, 0.25) is 5.02 Å². The summed E-state index contributed by atoms with van der Waals surface area (Å²) >= 11 is 5.92. The van der Waals surface area contributed by atoms with E-state index in [2.05, 4.69) is 6.58 Å². The number of fused-ring (bicyclic) bond motifs is 1. The highest BCUT2D eigenvalue weighted by atomic mass is 35.5. The summed E-state index contributed by atoms with van der Waals surface area (Å²) in [7, 11) is 0. The van der Waals surface area contributed by atoms with E-state index in [0.29, 0.717) is 33.1 Å². The quantitative estimate of drug-likeness (QED) is 0.461. The van der Waals surface area contributed by atoms with Gasteiger partial charge in [-0.05, 0) is 36.8 Å². The van der Waals surface area contributed by atoms with Crippen molar-refractivity contribution in [2.24, 2.45) is 0 Å². The fourth-order valence-corrected chi connectivity index (χ4v) is 2.79. The summed E-state index contributed by atoms with van der Waals surface area (Å²) in [6.07, 6.45) is 1.48. The predicted octanol–water partition coefficient (Wildman–Crippen LogP) is 4.53. The highest BCUT2D eigenvalue weighted by Crippen LogP contribution is 2.27. The van der Waals surface area contributed by atoms with Crippen LogP contribution in [0.5, 0.6) is 5.75 Å². The number of hydrogen-bond donors (Lipinski definition) is 0. The summed E-state index contributed by atoms with van der Waals surface area (Å²) in [6.45, 7) is 5.08. The van der Waals surface area contributed by atoms with Crippen LogP contribution in [0.25, 0.3) is 22.1 Å². The standard InChI is InChI=1S/C21H17ClO5/c1-3-10-25-19(23)12-26-16-8-9-17-18(11-16)27-13(2)20(21(17)24)14-4-6-15(22)7-5-14/h3-9,11H,1,10,12H2,2H3. The van der Waals surface area contributed by atoms with Gasteiger partial charge in [-0.3, -0.25) is 4.79 Å². The van der Waals surface area contributed by atoms with Gasteiger partial charge in [0, 0.05) is 11.1 Å². The van der Waals surface area contributed by atoms with Crippen LogP contribution < -0.4 is 10.2 Å². The molecule has 0 aliphatic carbocycles. The van der Waals surface area contributed by atoms with Gasteiger partial charge in [0.1, 0.15) is 23.7 Å². The van der Waals surface area contributed by atoms with Gasteiger partial charge in [-0.2, -0.15) is 0 Å². The molecule has 0 radical (unpaired) electrons. The third kappa shape index (κ3) is 4.20. The fraction of sp³-hybridized carbons (Fsp3) is 0.143. The molecular formula is C21H17ClO5. The van der Waals surface area contributed by atoms with Crippen LogP contribution in [0, 0.1) is 6.92 Å². The minimum Gasteiger partial charge on any atom is -0.482 e. The van der Waals surface area contributed by atoms with Gasteiger partial charge in [0.25, 0.3) is 0 Å². The van der Waals surface area contributed by atoms with Crippen molar-refractivity contribution in [2.75, 3.05) is 13.2 Å². The van der Waals surface area contributed by atoms with Crippen molar-refractivity contribution < 1.29 is 18.7 Å². The molecule has 0 saturated heterocycles. The Morgan fingerprint density at radius 3 is 2.67 bits per heavy atom. The summed E-state index contributed by atoms with van der Waals surface area (Å²) < 4.78 is 16.1. The molecule has 0 unspecified atom stereocenters. The first-order valence-corrected chi connectivity index (χ1v) is 8.60. The molecule has 138 valence electrons. The maximum atomic E-state index is 12.9. The summed E-state index contributed by atoms with van der Waals surface area (Å²) in [6, 6.07) is 11.8. The molecule has 5 nitrogen and oxygen atoms in total. The number of ether oxygens (including phenoxy) is 2. The second-order valence-corrected chi connectivity index (χ2v) is 6.22. The molecule has 0 N–H and O–H groups in total. The Bertz CT molecular complexity index is 1050. The van der Waals surface area contributed by atoms with Crippen LogP contribution in [0.1, 0.15) is 5.76 Å². The third-order valence-corrected chi connectivity index (χ3v) is 4.14. The van der Waals surface area contributed by atoms with E-state index in [1.165, 1.54) is 6.08 Å². The van der Waals surface area contributed by atoms with E-state index in [4.69, 9.17) is 25.5 Å². The second kappa shape index (κ2) is 8.10. The Morgan fingerprint density at radius 2 is 1.96 bits per heavy atom. The zero-order valence-electron chi connectivity index (χ0n) is 14.7. The molecule has 0 spiro atoms. The minimum atomic E-state index is -0.509. The molecule has 3 rings (SSSR count). The lowest BCUT2D eigenvalue weighted by Crippen LogP contribution is -2.15.